The van der Waals surface area contributed by atoms with E-state index in [9.17, 15) is 43.2 Å². The fourth-order valence-electron chi connectivity index (χ4n) is 34.9. The van der Waals surface area contributed by atoms with E-state index in [0.717, 1.165) is 153 Å². The molecule has 0 N–H and O–H groups in total. The number of hydrogen-bond acceptors (Lipinski definition) is 14. The maximum absolute atomic E-state index is 13.4. The van der Waals surface area contributed by atoms with Crippen molar-refractivity contribution in [3.05, 3.63) is 0 Å². The van der Waals surface area contributed by atoms with Gasteiger partial charge in [-0.2, -0.15) is 0 Å². The first kappa shape index (κ1) is 110. The van der Waals surface area contributed by atoms with E-state index in [4.69, 9.17) is 23.7 Å². The standard InChI is InChI=1S/C40H65NO4.C20H29NO4.C19H32O2.C18H30O2.C17H28O2.4CH4/c1-7-8-9-10-11-25(2)33-18-19-34-32-17-14-29-24-31(20-22-39(29,5)35(32)21-23-40(33,34)6)45-38(44)28-12-15-30(16-13-28)41-36(42)26(3)27(4)37(41)43;1-12-13(2)19(24)21(18(12)23)4-3-17(22)25-11-20-8-14-5-15(9-20)7-16(6-14)10-20;1-6-18(4,5)17(20)21-19(12(2)3)15-8-13-7-14(10-15)11-16(19)9-13;1-5-17(3,4)16(19)20-18(6-2)14-8-12-7-13(10-14)11-15(18)9-12;1-4-11(3)16(18)19-17(5-2)14-7-12-6-13(9-14)10-15(17)8-12;;;;/h25-35H,7-24H2,1-6H3;12-16H,3-11H2,1-2H3;12-16H,6-11H2,1-5H3;12-15H,5-11H2,1-4H3;11-15H,4-10H2,1-3H3;4*1H4. The van der Waals surface area contributed by atoms with Gasteiger partial charge >= 0.3 is 29.8 Å². The smallest absolute Gasteiger partial charge is 0.312 e. The lowest BCUT2D eigenvalue weighted by molar-refractivity contribution is -0.231. The number of rotatable bonds is 26. The third-order valence-electron chi connectivity index (χ3n) is 43.1. The number of unbranched alkanes of at least 4 members (excludes halogenated alkanes) is 3. The number of likely N-dealkylation sites (tertiary alicyclic amines) is 2. The molecule has 16 nitrogen and oxygen atoms in total. The Morgan fingerprint density at radius 3 is 1.33 bits per heavy atom. The average molecular weight is 1870 g/mol. The number of ether oxygens (including phenoxy) is 5. The van der Waals surface area contributed by atoms with Gasteiger partial charge in [0.2, 0.25) is 23.6 Å². The second kappa shape index (κ2) is 43.8. The number of esters is 5. The number of fused-ring (bicyclic) bond motifs is 5. The molecular formula is C118H200N2O14. The van der Waals surface area contributed by atoms with Crippen LogP contribution in [-0.4, -0.2) is 105 Å². The number of carbonyl (C=O) groups is 9. The second-order valence-corrected chi connectivity index (χ2v) is 51.4. The largest absolute Gasteiger partial charge is 0.465 e. The lowest BCUT2D eigenvalue weighted by atomic mass is 9.44. The zero-order valence-electron chi connectivity index (χ0n) is 85.7. The molecule has 2 aliphatic heterocycles. The van der Waals surface area contributed by atoms with E-state index in [1.807, 2.05) is 48.5 Å². The highest BCUT2D eigenvalue weighted by Gasteiger charge is 2.66. The molecule has 2 heterocycles. The van der Waals surface area contributed by atoms with Crippen LogP contribution in [0.4, 0.5) is 0 Å². The van der Waals surface area contributed by atoms with Gasteiger partial charge in [-0.15, -0.1) is 0 Å². The molecular weight excluding hydrogens is 1670 g/mol. The van der Waals surface area contributed by atoms with Crippen LogP contribution in [0.15, 0.2) is 0 Å². The van der Waals surface area contributed by atoms with Crippen molar-refractivity contribution in [3.63, 3.8) is 0 Å². The summed E-state index contributed by atoms with van der Waals surface area (Å²) in [5.74, 6) is 15.9. The molecule has 14 atom stereocenters. The minimum absolute atomic E-state index is 0. The Bertz CT molecular complexity index is 3830. The van der Waals surface area contributed by atoms with Crippen LogP contribution >= 0.6 is 0 Å². The van der Waals surface area contributed by atoms with Crippen LogP contribution < -0.4 is 0 Å². The molecule has 0 spiro atoms. The highest BCUT2D eigenvalue weighted by molar-refractivity contribution is 6.05. The van der Waals surface area contributed by atoms with E-state index in [2.05, 4.69) is 76.2 Å². The molecule has 0 aromatic rings. The van der Waals surface area contributed by atoms with Crippen molar-refractivity contribution in [1.82, 2.24) is 9.80 Å². The van der Waals surface area contributed by atoms with Crippen molar-refractivity contribution in [1.29, 1.82) is 0 Å². The van der Waals surface area contributed by atoms with Gasteiger partial charge in [-0.25, -0.2) is 0 Å². The first-order valence-electron chi connectivity index (χ1n) is 55.4. The predicted octanol–water partition coefficient (Wildman–Crippen LogP) is 28.3. The highest BCUT2D eigenvalue weighted by Crippen LogP contribution is 2.71. The van der Waals surface area contributed by atoms with E-state index < -0.39 is 0 Å². The van der Waals surface area contributed by atoms with Gasteiger partial charge in [-0.1, -0.05) is 173 Å². The fraction of sp³-hybridized carbons (Fsp3) is 0.924. The van der Waals surface area contributed by atoms with Crippen molar-refractivity contribution in [3.8, 4) is 0 Å². The van der Waals surface area contributed by atoms with Crippen LogP contribution in [0.5, 0.6) is 0 Å². The van der Waals surface area contributed by atoms with Crippen molar-refractivity contribution >= 4 is 53.5 Å². The molecule has 2 saturated heterocycles. The minimum Gasteiger partial charge on any atom is -0.465 e. The number of carbonyl (C=O) groups excluding carboxylic acids is 9. The molecule has 0 aromatic heterocycles. The predicted molar refractivity (Wildman–Crippen MR) is 538 cm³/mol. The third-order valence-corrected chi connectivity index (χ3v) is 43.1. The summed E-state index contributed by atoms with van der Waals surface area (Å²) >= 11 is 0. The van der Waals surface area contributed by atoms with Crippen LogP contribution in [0.3, 0.4) is 0 Å². The monoisotopic (exact) mass is 1870 g/mol. The van der Waals surface area contributed by atoms with Gasteiger partial charge in [-0.05, 0) is 419 Å². The molecule has 134 heavy (non-hydrogen) atoms. The first-order chi connectivity index (χ1) is 61.6. The maximum Gasteiger partial charge on any atom is 0.312 e. The quantitative estimate of drug-likeness (QED) is 0.0342. The second-order valence-electron chi connectivity index (χ2n) is 51.4. The molecule has 21 aliphatic carbocycles. The van der Waals surface area contributed by atoms with E-state index >= 15 is 0 Å². The van der Waals surface area contributed by atoms with Crippen LogP contribution in [0.25, 0.3) is 0 Å². The Balaban J connectivity index is 0.000000168. The van der Waals surface area contributed by atoms with Crippen LogP contribution in [0.1, 0.15) is 457 Å². The normalized spacial score (nSPS) is 42.5. The zero-order chi connectivity index (χ0) is 93.4. The van der Waals surface area contributed by atoms with Crippen LogP contribution in [0, 0.1) is 193 Å². The lowest BCUT2D eigenvalue weighted by Crippen LogP contribution is -2.63. The Hall–Kier alpha value is -4.37. The van der Waals surface area contributed by atoms with Gasteiger partial charge in [-0.3, -0.25) is 53.0 Å². The van der Waals surface area contributed by atoms with Gasteiger partial charge in [0.05, 0.1) is 35.7 Å². The summed E-state index contributed by atoms with van der Waals surface area (Å²) in [6.07, 6.45) is 54.2. The maximum atomic E-state index is 13.4. The molecule has 4 amide bonds. The Kier molecular flexibility index (Phi) is 36.0. The van der Waals surface area contributed by atoms with Crippen LogP contribution in [0.2, 0.25) is 0 Å². The van der Waals surface area contributed by atoms with Gasteiger partial charge in [0.25, 0.3) is 0 Å². The Morgan fingerprint density at radius 2 is 0.881 bits per heavy atom. The molecule has 23 rings (SSSR count). The molecule has 16 heteroatoms. The van der Waals surface area contributed by atoms with Crippen molar-refractivity contribution in [2.24, 2.45) is 193 Å². The van der Waals surface area contributed by atoms with Gasteiger partial charge in [0, 0.05) is 41.7 Å². The SMILES string of the molecule is C.C.C.C.CC1C(=O)N(CCC(=O)OCC23CC4CC(CC(C4)C2)C3)C(=O)C1C.CCC(C)(C)C(=O)OC1(C(C)C)C2CC3CC(C2)CC1C3.CCC(C)(C)C(=O)OC1(CC)C2CC3CC(C2)CC1C3.CCC(C)C(=O)OC1(CC)C2CC3CC(C2)CC1C3.CCCCCCC(C)C1CCC2C3CCC4CC(OC(=O)C5CCC(N6C(=O)C(C)C(C)C6=O)CC5)CCC4(C)C3CCC12C. The van der Waals surface area contributed by atoms with E-state index in [1.54, 1.807) is 13.8 Å². The number of nitrogens with zero attached hydrogens (tertiary/aromatic N) is 2. The minimum atomic E-state index is -0.351. The molecule has 14 unspecified atom stereocenters. The first-order valence-corrected chi connectivity index (χ1v) is 55.4. The van der Waals surface area contributed by atoms with Gasteiger partial charge < -0.3 is 23.7 Å². The van der Waals surface area contributed by atoms with Crippen molar-refractivity contribution in [2.75, 3.05) is 13.2 Å². The number of hydrogen-bond donors (Lipinski definition) is 0. The topological polar surface area (TPSA) is 206 Å². The third kappa shape index (κ3) is 21.2. The van der Waals surface area contributed by atoms with Gasteiger partial charge in [0.15, 0.2) is 0 Å². The van der Waals surface area contributed by atoms with E-state index in [-0.39, 0.29) is 177 Å². The molecule has 16 bridgehead atoms. The van der Waals surface area contributed by atoms with E-state index in [0.29, 0.717) is 64.8 Å². The Labute approximate surface area is 817 Å². The van der Waals surface area contributed by atoms with Crippen LogP contribution in [-0.2, 0) is 66.8 Å². The molecule has 0 aromatic carbocycles. The fourth-order valence-corrected chi connectivity index (χ4v) is 34.9. The summed E-state index contributed by atoms with van der Waals surface area (Å²) in [5, 5.41) is 0. The molecule has 23 fully saturated rings. The highest BCUT2D eigenvalue weighted by atomic mass is 16.6. The summed E-state index contributed by atoms with van der Waals surface area (Å²) in [7, 11) is 0. The molecule has 0 radical (unpaired) electrons. The summed E-state index contributed by atoms with van der Waals surface area (Å²) in [4.78, 5) is 116. The van der Waals surface area contributed by atoms with Crippen molar-refractivity contribution in [2.45, 2.75) is 486 Å². The van der Waals surface area contributed by atoms with E-state index in [1.165, 1.54) is 222 Å². The molecule has 21 saturated carbocycles. The average Bonchev–Trinajstić information content (AvgIpc) is 1.34. The molecule has 766 valence electrons. The summed E-state index contributed by atoms with van der Waals surface area (Å²) in [6.45, 7) is 43.5. The number of imide groups is 2. The molecule has 23 aliphatic rings. The Morgan fingerprint density at radius 1 is 0.448 bits per heavy atom. The summed E-state index contributed by atoms with van der Waals surface area (Å²) < 4.78 is 30.8. The number of amides is 4. The van der Waals surface area contributed by atoms with Gasteiger partial charge in [0.1, 0.15) is 22.9 Å². The summed E-state index contributed by atoms with van der Waals surface area (Å²) in [6, 6.07) is -0.0477. The summed E-state index contributed by atoms with van der Waals surface area (Å²) in [5.41, 5.74) is 0.0756. The van der Waals surface area contributed by atoms with Crippen molar-refractivity contribution < 1.29 is 66.8 Å². The lowest BCUT2D eigenvalue weighted by Gasteiger charge is -2.62. The zero-order valence-corrected chi connectivity index (χ0v) is 85.7.